The number of hydrogen-bond acceptors (Lipinski definition) is 4. The van der Waals surface area contributed by atoms with Gasteiger partial charge in [0, 0.05) is 0 Å². The summed E-state index contributed by atoms with van der Waals surface area (Å²) in [7, 11) is 1.55. The van der Waals surface area contributed by atoms with E-state index >= 15 is 0 Å². The van der Waals surface area contributed by atoms with Gasteiger partial charge in [0.25, 0.3) is 5.91 Å². The number of para-hydroxylation sites is 1. The molecular weight excluding hydrogens is 284 g/mol. The number of amides is 2. The molecule has 2 aromatic carbocycles. The summed E-state index contributed by atoms with van der Waals surface area (Å²) in [5.41, 5.74) is 5.41. The van der Waals surface area contributed by atoms with Gasteiger partial charge in [-0.25, -0.2) is 0 Å². The highest BCUT2D eigenvalue weighted by Crippen LogP contribution is 2.15. The van der Waals surface area contributed by atoms with Gasteiger partial charge in [-0.2, -0.15) is 0 Å². The minimum atomic E-state index is -0.586. The molecule has 0 unspecified atom stereocenters. The number of aromatic hydroxyl groups is 1. The van der Waals surface area contributed by atoms with Crippen molar-refractivity contribution in [1.29, 1.82) is 0 Å². The first kappa shape index (κ1) is 15.4. The van der Waals surface area contributed by atoms with Gasteiger partial charge in [0.15, 0.2) is 0 Å². The van der Waals surface area contributed by atoms with Crippen LogP contribution in [0.2, 0.25) is 0 Å². The summed E-state index contributed by atoms with van der Waals surface area (Å²) in [6, 6.07) is 13.2. The lowest BCUT2D eigenvalue weighted by atomic mass is 10.1. The average molecular weight is 300 g/mol. The van der Waals surface area contributed by atoms with Crippen molar-refractivity contribution >= 4 is 11.8 Å². The zero-order valence-corrected chi connectivity index (χ0v) is 12.0. The molecule has 0 aliphatic rings. The number of hydrazine groups is 1. The largest absolute Gasteiger partial charge is 0.507 e. The van der Waals surface area contributed by atoms with Crippen molar-refractivity contribution in [2.45, 2.75) is 6.42 Å². The molecular formula is C16H16N2O4. The lowest BCUT2D eigenvalue weighted by Crippen LogP contribution is -2.42. The maximum Gasteiger partial charge on any atom is 0.273 e. The predicted molar refractivity (Wildman–Crippen MR) is 80.4 cm³/mol. The van der Waals surface area contributed by atoms with Crippen molar-refractivity contribution in [3.63, 3.8) is 0 Å². The van der Waals surface area contributed by atoms with E-state index in [4.69, 9.17) is 4.74 Å². The van der Waals surface area contributed by atoms with Crippen molar-refractivity contribution < 1.29 is 19.4 Å². The number of carbonyl (C=O) groups excluding carboxylic acids is 2. The molecule has 2 amide bonds. The van der Waals surface area contributed by atoms with Crippen LogP contribution in [0.4, 0.5) is 0 Å². The maximum absolute atomic E-state index is 11.8. The first-order chi connectivity index (χ1) is 10.6. The van der Waals surface area contributed by atoms with Crippen LogP contribution in [0.25, 0.3) is 0 Å². The van der Waals surface area contributed by atoms with Crippen LogP contribution < -0.4 is 15.6 Å². The molecule has 2 aromatic rings. The van der Waals surface area contributed by atoms with Gasteiger partial charge in [0.1, 0.15) is 11.5 Å². The second-order valence-corrected chi connectivity index (χ2v) is 4.55. The van der Waals surface area contributed by atoms with Gasteiger partial charge >= 0.3 is 0 Å². The minimum Gasteiger partial charge on any atom is -0.507 e. The topological polar surface area (TPSA) is 87.7 Å². The highest BCUT2D eigenvalue weighted by molar-refractivity contribution is 5.97. The first-order valence-electron chi connectivity index (χ1n) is 6.60. The standard InChI is InChI=1S/C16H16N2O4/c1-22-12-6-4-5-11(9-12)10-15(20)17-18-16(21)13-7-2-3-8-14(13)19/h2-9,19H,10H2,1H3,(H,17,20)(H,18,21). The fraction of sp³-hybridized carbons (Fsp3) is 0.125. The second kappa shape index (κ2) is 7.12. The molecule has 0 saturated carbocycles. The van der Waals surface area contributed by atoms with Crippen LogP contribution in [0.15, 0.2) is 48.5 Å². The summed E-state index contributed by atoms with van der Waals surface area (Å²) in [6.07, 6.45) is 0.0955. The Morgan fingerprint density at radius 1 is 1.09 bits per heavy atom. The Kier molecular flexibility index (Phi) is 4.98. The molecule has 0 aliphatic heterocycles. The summed E-state index contributed by atoms with van der Waals surface area (Å²) in [6.45, 7) is 0. The summed E-state index contributed by atoms with van der Waals surface area (Å²) in [5, 5.41) is 9.55. The number of hydrogen-bond donors (Lipinski definition) is 3. The van der Waals surface area contributed by atoms with E-state index < -0.39 is 5.91 Å². The van der Waals surface area contributed by atoms with E-state index in [9.17, 15) is 14.7 Å². The molecule has 0 aliphatic carbocycles. The summed E-state index contributed by atoms with van der Waals surface area (Å²) >= 11 is 0. The highest BCUT2D eigenvalue weighted by atomic mass is 16.5. The highest BCUT2D eigenvalue weighted by Gasteiger charge is 2.11. The molecule has 0 fully saturated rings. The Bertz CT molecular complexity index is 685. The van der Waals surface area contributed by atoms with Gasteiger partial charge in [-0.3, -0.25) is 20.4 Å². The van der Waals surface area contributed by atoms with Crippen LogP contribution in [0, 0.1) is 0 Å². The Balaban J connectivity index is 1.90. The molecule has 0 radical (unpaired) electrons. The van der Waals surface area contributed by atoms with Gasteiger partial charge in [-0.15, -0.1) is 0 Å². The molecule has 0 bridgehead atoms. The summed E-state index contributed by atoms with van der Waals surface area (Å²) in [5.74, 6) is -0.459. The number of methoxy groups -OCH3 is 1. The van der Waals surface area contributed by atoms with E-state index in [0.717, 1.165) is 5.56 Å². The molecule has 6 heteroatoms. The van der Waals surface area contributed by atoms with E-state index in [1.165, 1.54) is 12.1 Å². The molecule has 2 rings (SSSR count). The SMILES string of the molecule is COc1cccc(CC(=O)NNC(=O)c2ccccc2O)c1. The van der Waals surface area contributed by atoms with Crippen LogP contribution in [-0.2, 0) is 11.2 Å². The van der Waals surface area contributed by atoms with Crippen LogP contribution in [0.3, 0.4) is 0 Å². The third-order valence-corrected chi connectivity index (χ3v) is 2.96. The van der Waals surface area contributed by atoms with E-state index in [2.05, 4.69) is 10.9 Å². The predicted octanol–water partition coefficient (Wildman–Crippen LogP) is 1.40. The fourth-order valence-electron chi connectivity index (χ4n) is 1.87. The quantitative estimate of drug-likeness (QED) is 0.745. The smallest absolute Gasteiger partial charge is 0.273 e. The van der Waals surface area contributed by atoms with Crippen LogP contribution >= 0.6 is 0 Å². The average Bonchev–Trinajstić information content (AvgIpc) is 2.53. The van der Waals surface area contributed by atoms with Gasteiger partial charge in [-0.05, 0) is 29.8 Å². The summed E-state index contributed by atoms with van der Waals surface area (Å²) in [4.78, 5) is 23.6. The van der Waals surface area contributed by atoms with E-state index in [1.54, 1.807) is 43.5 Å². The lowest BCUT2D eigenvalue weighted by molar-refractivity contribution is -0.121. The van der Waals surface area contributed by atoms with Crippen LogP contribution in [0.5, 0.6) is 11.5 Å². The summed E-state index contributed by atoms with van der Waals surface area (Å²) < 4.78 is 5.08. The molecule has 114 valence electrons. The lowest BCUT2D eigenvalue weighted by Gasteiger charge is -2.09. The second-order valence-electron chi connectivity index (χ2n) is 4.55. The van der Waals surface area contributed by atoms with Gasteiger partial charge < -0.3 is 9.84 Å². The number of phenolic OH excluding ortho intramolecular Hbond substituents is 1. The van der Waals surface area contributed by atoms with E-state index in [1.807, 2.05) is 0 Å². The zero-order valence-electron chi connectivity index (χ0n) is 12.0. The number of rotatable bonds is 4. The van der Waals surface area contributed by atoms with E-state index in [-0.39, 0.29) is 23.6 Å². The molecule has 22 heavy (non-hydrogen) atoms. The van der Waals surface area contributed by atoms with Crippen LogP contribution in [0.1, 0.15) is 15.9 Å². The maximum atomic E-state index is 11.8. The Morgan fingerprint density at radius 2 is 1.86 bits per heavy atom. The zero-order chi connectivity index (χ0) is 15.9. The fourth-order valence-corrected chi connectivity index (χ4v) is 1.87. The molecule has 0 spiro atoms. The van der Waals surface area contributed by atoms with Gasteiger partial charge in [-0.1, -0.05) is 24.3 Å². The normalized spacial score (nSPS) is 9.86. The monoisotopic (exact) mass is 300 g/mol. The Hall–Kier alpha value is -3.02. The Morgan fingerprint density at radius 3 is 2.59 bits per heavy atom. The minimum absolute atomic E-state index is 0.0872. The van der Waals surface area contributed by atoms with Crippen molar-refractivity contribution in [2.24, 2.45) is 0 Å². The van der Waals surface area contributed by atoms with Crippen molar-refractivity contribution in [2.75, 3.05) is 7.11 Å². The van der Waals surface area contributed by atoms with Crippen molar-refractivity contribution in [1.82, 2.24) is 10.9 Å². The van der Waals surface area contributed by atoms with Gasteiger partial charge in [0.05, 0.1) is 19.1 Å². The third-order valence-electron chi connectivity index (χ3n) is 2.96. The molecule has 0 aromatic heterocycles. The number of carbonyl (C=O) groups is 2. The van der Waals surface area contributed by atoms with Crippen molar-refractivity contribution in [3.8, 4) is 11.5 Å². The molecule has 0 heterocycles. The number of nitrogens with one attached hydrogen (secondary N) is 2. The number of benzene rings is 2. The molecule has 0 atom stereocenters. The van der Waals surface area contributed by atoms with Crippen LogP contribution in [-0.4, -0.2) is 24.0 Å². The van der Waals surface area contributed by atoms with Crippen molar-refractivity contribution in [3.05, 3.63) is 59.7 Å². The first-order valence-corrected chi connectivity index (χ1v) is 6.60. The molecule has 3 N–H and O–H groups in total. The number of ether oxygens (including phenoxy) is 1. The third kappa shape index (κ3) is 3.99. The number of phenols is 1. The molecule has 0 saturated heterocycles. The Labute approximate surface area is 127 Å². The molecule has 6 nitrogen and oxygen atoms in total. The van der Waals surface area contributed by atoms with Gasteiger partial charge in [0.2, 0.25) is 5.91 Å². The van der Waals surface area contributed by atoms with E-state index in [0.29, 0.717) is 5.75 Å².